The molecule has 0 aliphatic heterocycles. The van der Waals surface area contributed by atoms with Gasteiger partial charge in [-0.1, -0.05) is 17.7 Å². The number of rotatable bonds is 1. The number of anilines is 1. The molecular formula is C16H16FN3. The molecule has 0 spiro atoms. The number of aryl methyl sites for hydroxylation is 3. The lowest BCUT2D eigenvalue weighted by Gasteiger charge is -2.11. The molecule has 3 nitrogen and oxygen atoms in total. The van der Waals surface area contributed by atoms with Crippen molar-refractivity contribution in [1.82, 2.24) is 9.55 Å². The van der Waals surface area contributed by atoms with Crippen LogP contribution in [0.3, 0.4) is 0 Å². The number of hydrogen-bond donors (Lipinski definition) is 1. The van der Waals surface area contributed by atoms with Crippen LogP contribution in [0.4, 0.5) is 10.3 Å². The summed E-state index contributed by atoms with van der Waals surface area (Å²) in [7, 11) is 0. The lowest BCUT2D eigenvalue weighted by molar-refractivity contribution is 0.620. The maximum absolute atomic E-state index is 13.6. The second-order valence-electron chi connectivity index (χ2n) is 5.19. The highest BCUT2D eigenvalue weighted by atomic mass is 19.1. The Morgan fingerprint density at radius 1 is 1.05 bits per heavy atom. The first-order valence-corrected chi connectivity index (χ1v) is 6.49. The third kappa shape index (κ3) is 1.84. The summed E-state index contributed by atoms with van der Waals surface area (Å²) in [6.07, 6.45) is 0. The zero-order valence-corrected chi connectivity index (χ0v) is 11.7. The molecule has 1 aromatic heterocycles. The highest BCUT2D eigenvalue weighted by molar-refractivity contribution is 5.82. The zero-order valence-electron chi connectivity index (χ0n) is 11.7. The van der Waals surface area contributed by atoms with E-state index in [1.54, 1.807) is 13.0 Å². The van der Waals surface area contributed by atoms with Crippen LogP contribution in [-0.4, -0.2) is 9.55 Å². The van der Waals surface area contributed by atoms with Gasteiger partial charge in [-0.2, -0.15) is 0 Å². The molecule has 102 valence electrons. The average Bonchev–Trinajstić information content (AvgIpc) is 2.66. The number of nitrogens with two attached hydrogens (primary N) is 1. The molecule has 0 aliphatic carbocycles. The third-order valence-electron chi connectivity index (χ3n) is 3.55. The van der Waals surface area contributed by atoms with Crippen LogP contribution in [0.15, 0.2) is 30.3 Å². The number of fused-ring (bicyclic) bond motifs is 1. The Balaban J connectivity index is 2.35. The molecule has 0 saturated carbocycles. The maximum Gasteiger partial charge on any atom is 0.205 e. The van der Waals surface area contributed by atoms with E-state index in [1.807, 2.05) is 30.5 Å². The number of hydrogen-bond acceptors (Lipinski definition) is 2. The van der Waals surface area contributed by atoms with Crippen LogP contribution in [0.1, 0.15) is 16.7 Å². The summed E-state index contributed by atoms with van der Waals surface area (Å²) >= 11 is 0. The van der Waals surface area contributed by atoms with E-state index in [9.17, 15) is 4.39 Å². The Bertz CT molecular complexity index is 818. The summed E-state index contributed by atoms with van der Waals surface area (Å²) in [5, 5.41) is 0. The number of aromatic nitrogens is 2. The van der Waals surface area contributed by atoms with E-state index < -0.39 is 0 Å². The van der Waals surface area contributed by atoms with Gasteiger partial charge in [-0.25, -0.2) is 9.37 Å². The average molecular weight is 269 g/mol. The van der Waals surface area contributed by atoms with E-state index in [1.165, 1.54) is 11.6 Å². The molecular weight excluding hydrogens is 253 g/mol. The zero-order chi connectivity index (χ0) is 14.4. The van der Waals surface area contributed by atoms with Gasteiger partial charge in [0.15, 0.2) is 0 Å². The number of imidazole rings is 1. The molecule has 3 rings (SSSR count). The Labute approximate surface area is 116 Å². The maximum atomic E-state index is 13.6. The molecule has 0 aliphatic rings. The van der Waals surface area contributed by atoms with Crippen molar-refractivity contribution in [1.29, 1.82) is 0 Å². The van der Waals surface area contributed by atoms with Crippen molar-refractivity contribution in [2.45, 2.75) is 20.8 Å². The van der Waals surface area contributed by atoms with Crippen LogP contribution in [0, 0.1) is 26.6 Å². The minimum Gasteiger partial charge on any atom is -0.369 e. The minimum absolute atomic E-state index is 0.261. The fourth-order valence-electron chi connectivity index (χ4n) is 2.53. The van der Waals surface area contributed by atoms with Gasteiger partial charge in [0.25, 0.3) is 0 Å². The standard InChI is InChI=1S/C16H16FN3/c1-9-4-5-14(11(3)6-9)20-15-7-10(2)12(17)8-13(15)19-16(20)18/h4-8H,1-3H3,(H2,18,19). The predicted molar refractivity (Wildman–Crippen MR) is 79.7 cm³/mol. The lowest BCUT2D eigenvalue weighted by atomic mass is 10.1. The number of nitrogen functional groups attached to an aromatic ring is 1. The van der Waals surface area contributed by atoms with Crippen LogP contribution in [0.25, 0.3) is 16.7 Å². The smallest absolute Gasteiger partial charge is 0.205 e. The Hall–Kier alpha value is -2.36. The molecule has 20 heavy (non-hydrogen) atoms. The quantitative estimate of drug-likeness (QED) is 0.732. The Morgan fingerprint density at radius 3 is 2.50 bits per heavy atom. The van der Waals surface area contributed by atoms with Gasteiger partial charge in [-0.3, -0.25) is 4.57 Å². The van der Waals surface area contributed by atoms with Gasteiger partial charge in [-0.05, 0) is 44.0 Å². The first kappa shape index (κ1) is 12.7. The first-order valence-electron chi connectivity index (χ1n) is 6.49. The summed E-state index contributed by atoms with van der Waals surface area (Å²) in [5.41, 5.74) is 11.3. The van der Waals surface area contributed by atoms with Crippen molar-refractivity contribution < 1.29 is 4.39 Å². The van der Waals surface area contributed by atoms with Crippen molar-refractivity contribution in [3.8, 4) is 5.69 Å². The summed E-state index contributed by atoms with van der Waals surface area (Å²) in [4.78, 5) is 4.26. The Morgan fingerprint density at radius 2 is 1.80 bits per heavy atom. The molecule has 0 atom stereocenters. The molecule has 0 unspecified atom stereocenters. The molecule has 1 heterocycles. The largest absolute Gasteiger partial charge is 0.369 e. The monoisotopic (exact) mass is 269 g/mol. The van der Waals surface area contributed by atoms with Crippen LogP contribution in [0.2, 0.25) is 0 Å². The van der Waals surface area contributed by atoms with E-state index in [-0.39, 0.29) is 5.82 Å². The first-order chi connectivity index (χ1) is 9.47. The molecule has 4 heteroatoms. The summed E-state index contributed by atoms with van der Waals surface area (Å²) < 4.78 is 15.5. The third-order valence-corrected chi connectivity index (χ3v) is 3.55. The van der Waals surface area contributed by atoms with Crippen molar-refractivity contribution >= 4 is 17.0 Å². The van der Waals surface area contributed by atoms with Crippen LogP contribution in [0.5, 0.6) is 0 Å². The second kappa shape index (κ2) is 4.34. The van der Waals surface area contributed by atoms with Crippen molar-refractivity contribution in [2.75, 3.05) is 5.73 Å². The van der Waals surface area contributed by atoms with Gasteiger partial charge in [0.1, 0.15) is 5.82 Å². The normalized spacial score (nSPS) is 11.2. The number of benzene rings is 2. The van der Waals surface area contributed by atoms with Crippen molar-refractivity contribution in [2.24, 2.45) is 0 Å². The molecule has 0 amide bonds. The van der Waals surface area contributed by atoms with Gasteiger partial charge in [0, 0.05) is 6.07 Å². The van der Waals surface area contributed by atoms with Gasteiger partial charge in [-0.15, -0.1) is 0 Å². The summed E-state index contributed by atoms with van der Waals surface area (Å²) in [6.45, 7) is 5.82. The fourth-order valence-corrected chi connectivity index (χ4v) is 2.53. The van der Waals surface area contributed by atoms with E-state index in [0.29, 0.717) is 17.0 Å². The summed E-state index contributed by atoms with van der Waals surface area (Å²) in [5.74, 6) is 0.111. The van der Waals surface area contributed by atoms with E-state index >= 15 is 0 Å². The van der Waals surface area contributed by atoms with Crippen LogP contribution in [-0.2, 0) is 0 Å². The van der Waals surface area contributed by atoms with Gasteiger partial charge in [0.05, 0.1) is 16.7 Å². The molecule has 3 aromatic rings. The SMILES string of the molecule is Cc1ccc(-n2c(N)nc3cc(F)c(C)cc32)c(C)c1. The van der Waals surface area contributed by atoms with Gasteiger partial charge < -0.3 is 5.73 Å². The van der Waals surface area contributed by atoms with Gasteiger partial charge in [0.2, 0.25) is 5.95 Å². The number of halogens is 1. The number of nitrogens with zero attached hydrogens (tertiary/aromatic N) is 2. The Kier molecular flexibility index (Phi) is 2.74. The van der Waals surface area contributed by atoms with E-state index in [0.717, 1.165) is 16.8 Å². The van der Waals surface area contributed by atoms with E-state index in [4.69, 9.17) is 5.73 Å². The minimum atomic E-state index is -0.261. The molecule has 2 N–H and O–H groups in total. The topological polar surface area (TPSA) is 43.8 Å². The molecule has 0 fully saturated rings. The van der Waals surface area contributed by atoms with Crippen LogP contribution < -0.4 is 5.73 Å². The summed E-state index contributed by atoms with van der Waals surface area (Å²) in [6, 6.07) is 9.36. The highest BCUT2D eigenvalue weighted by Gasteiger charge is 2.13. The van der Waals surface area contributed by atoms with Crippen molar-refractivity contribution in [3.63, 3.8) is 0 Å². The molecule has 2 aromatic carbocycles. The lowest BCUT2D eigenvalue weighted by Crippen LogP contribution is -2.02. The molecule has 0 radical (unpaired) electrons. The van der Waals surface area contributed by atoms with E-state index in [2.05, 4.69) is 11.1 Å². The highest BCUT2D eigenvalue weighted by Crippen LogP contribution is 2.27. The van der Waals surface area contributed by atoms with Gasteiger partial charge >= 0.3 is 0 Å². The molecule has 0 saturated heterocycles. The van der Waals surface area contributed by atoms with Crippen molar-refractivity contribution in [3.05, 3.63) is 52.8 Å². The van der Waals surface area contributed by atoms with Crippen LogP contribution >= 0.6 is 0 Å². The molecule has 0 bridgehead atoms. The second-order valence-corrected chi connectivity index (χ2v) is 5.19. The fraction of sp³-hybridized carbons (Fsp3) is 0.188. The predicted octanol–water partition coefficient (Wildman–Crippen LogP) is 3.67.